The minimum atomic E-state index is -0.438. The molecule has 0 saturated carbocycles. The van der Waals surface area contributed by atoms with Crippen LogP contribution in [0.3, 0.4) is 0 Å². The maximum Gasteiger partial charge on any atom is 0.269 e. The highest BCUT2D eigenvalue weighted by molar-refractivity contribution is 6.35. The monoisotopic (exact) mass is 380 g/mol. The van der Waals surface area contributed by atoms with Crippen molar-refractivity contribution in [2.75, 3.05) is 18.1 Å². The molecule has 1 heterocycles. The van der Waals surface area contributed by atoms with Gasteiger partial charge in [-0.15, -0.1) is 0 Å². The van der Waals surface area contributed by atoms with Gasteiger partial charge in [-0.3, -0.25) is 14.9 Å². The number of rotatable bonds is 4. The van der Waals surface area contributed by atoms with E-state index < -0.39 is 4.92 Å². The molecule has 0 aliphatic carbocycles. The minimum absolute atomic E-state index is 0.0252. The number of halogens is 2. The molecule has 1 aliphatic rings. The molecule has 1 amide bonds. The Morgan fingerprint density at radius 2 is 2.04 bits per heavy atom. The van der Waals surface area contributed by atoms with Gasteiger partial charge in [-0.05, 0) is 42.7 Å². The van der Waals surface area contributed by atoms with Gasteiger partial charge in [-0.2, -0.15) is 0 Å². The van der Waals surface area contributed by atoms with E-state index in [4.69, 9.17) is 27.9 Å². The standard InChI is InChI=1S/C17H14Cl2N2O4/c18-12-3-6-16(14(19)9-12)25-10-17(22)20-7-1-2-11-8-13(21(23)24)4-5-15(11)20/h3-6,8-9H,1-2,7,10H2. The molecule has 0 saturated heterocycles. The lowest BCUT2D eigenvalue weighted by atomic mass is 10.0. The Morgan fingerprint density at radius 1 is 1.24 bits per heavy atom. The molecule has 0 bridgehead atoms. The normalized spacial score (nSPS) is 13.3. The van der Waals surface area contributed by atoms with Gasteiger partial charge < -0.3 is 9.64 Å². The fourth-order valence-corrected chi connectivity index (χ4v) is 3.23. The van der Waals surface area contributed by atoms with Gasteiger partial charge in [0.15, 0.2) is 6.61 Å². The van der Waals surface area contributed by atoms with Gasteiger partial charge in [0, 0.05) is 29.4 Å². The van der Waals surface area contributed by atoms with Crippen molar-refractivity contribution in [3.8, 4) is 5.75 Å². The molecule has 0 radical (unpaired) electrons. The van der Waals surface area contributed by atoms with E-state index >= 15 is 0 Å². The number of hydrogen-bond acceptors (Lipinski definition) is 4. The number of amides is 1. The summed E-state index contributed by atoms with van der Waals surface area (Å²) in [6.07, 6.45) is 1.44. The molecule has 2 aromatic carbocycles. The van der Waals surface area contributed by atoms with Gasteiger partial charge in [-0.1, -0.05) is 23.2 Å². The number of hydrogen-bond donors (Lipinski definition) is 0. The number of benzene rings is 2. The summed E-state index contributed by atoms with van der Waals surface area (Å²) in [4.78, 5) is 24.6. The number of anilines is 1. The Kier molecular flexibility index (Phi) is 5.11. The van der Waals surface area contributed by atoms with Crippen LogP contribution in [0, 0.1) is 10.1 Å². The maximum atomic E-state index is 12.5. The third-order valence-corrected chi connectivity index (χ3v) is 4.47. The van der Waals surface area contributed by atoms with Gasteiger partial charge in [0.1, 0.15) is 5.75 Å². The second-order valence-corrected chi connectivity index (χ2v) is 6.43. The number of carbonyl (C=O) groups is 1. The first-order chi connectivity index (χ1) is 12.0. The summed E-state index contributed by atoms with van der Waals surface area (Å²) in [7, 11) is 0. The summed E-state index contributed by atoms with van der Waals surface area (Å²) in [5, 5.41) is 11.7. The number of fused-ring (bicyclic) bond motifs is 1. The Bertz CT molecular complexity index is 841. The van der Waals surface area contributed by atoms with Gasteiger partial charge in [0.25, 0.3) is 11.6 Å². The van der Waals surface area contributed by atoms with Gasteiger partial charge in [0.2, 0.25) is 0 Å². The number of nitro benzene ring substituents is 1. The number of non-ortho nitro benzene ring substituents is 1. The number of ether oxygens (including phenoxy) is 1. The van der Waals surface area contributed by atoms with E-state index in [9.17, 15) is 14.9 Å². The third-order valence-electron chi connectivity index (χ3n) is 3.94. The molecule has 0 aromatic heterocycles. The summed E-state index contributed by atoms with van der Waals surface area (Å²) >= 11 is 11.9. The SMILES string of the molecule is O=C(COc1ccc(Cl)cc1Cl)N1CCCc2cc([N+](=O)[O-])ccc21. The molecule has 0 atom stereocenters. The fourth-order valence-electron chi connectivity index (χ4n) is 2.77. The van der Waals surface area contributed by atoms with Crippen LogP contribution in [0.15, 0.2) is 36.4 Å². The molecule has 0 fully saturated rings. The molecule has 8 heteroatoms. The zero-order valence-corrected chi connectivity index (χ0v) is 14.6. The quantitative estimate of drug-likeness (QED) is 0.586. The van der Waals surface area contributed by atoms with E-state index in [0.29, 0.717) is 34.4 Å². The van der Waals surface area contributed by atoms with Crippen molar-refractivity contribution in [2.24, 2.45) is 0 Å². The number of carbonyl (C=O) groups excluding carboxylic acids is 1. The van der Waals surface area contributed by atoms with Crippen LogP contribution in [-0.2, 0) is 11.2 Å². The largest absolute Gasteiger partial charge is 0.482 e. The highest BCUT2D eigenvalue weighted by Gasteiger charge is 2.24. The molecule has 25 heavy (non-hydrogen) atoms. The van der Waals surface area contributed by atoms with Crippen LogP contribution in [0.1, 0.15) is 12.0 Å². The molecular formula is C17H14Cl2N2O4. The maximum absolute atomic E-state index is 12.5. The van der Waals surface area contributed by atoms with E-state index in [-0.39, 0.29) is 18.2 Å². The van der Waals surface area contributed by atoms with Crippen LogP contribution in [0.4, 0.5) is 11.4 Å². The van der Waals surface area contributed by atoms with Gasteiger partial charge in [-0.25, -0.2) is 0 Å². The van der Waals surface area contributed by atoms with Crippen LogP contribution < -0.4 is 9.64 Å². The zero-order chi connectivity index (χ0) is 18.0. The summed E-state index contributed by atoms with van der Waals surface area (Å²) < 4.78 is 5.49. The number of aryl methyl sites for hydroxylation is 1. The van der Waals surface area contributed by atoms with Crippen molar-refractivity contribution in [3.63, 3.8) is 0 Å². The average molecular weight is 381 g/mol. The lowest BCUT2D eigenvalue weighted by molar-refractivity contribution is -0.384. The zero-order valence-electron chi connectivity index (χ0n) is 13.1. The van der Waals surface area contributed by atoms with E-state index in [1.807, 2.05) is 0 Å². The second-order valence-electron chi connectivity index (χ2n) is 5.58. The van der Waals surface area contributed by atoms with Gasteiger partial charge in [0.05, 0.1) is 9.95 Å². The van der Waals surface area contributed by atoms with Crippen molar-refractivity contribution < 1.29 is 14.5 Å². The molecular weight excluding hydrogens is 367 g/mol. The molecule has 0 N–H and O–H groups in total. The summed E-state index contributed by atoms with van der Waals surface area (Å²) in [5.74, 6) is 0.140. The van der Waals surface area contributed by atoms with E-state index in [0.717, 1.165) is 12.0 Å². The molecule has 130 valence electrons. The van der Waals surface area contributed by atoms with E-state index in [1.165, 1.54) is 18.2 Å². The first kappa shape index (κ1) is 17.5. The topological polar surface area (TPSA) is 72.7 Å². The Hall–Kier alpha value is -2.31. The second kappa shape index (κ2) is 7.29. The highest BCUT2D eigenvalue weighted by atomic mass is 35.5. The van der Waals surface area contributed by atoms with Gasteiger partial charge >= 0.3 is 0 Å². The smallest absolute Gasteiger partial charge is 0.269 e. The molecule has 3 rings (SSSR count). The van der Waals surface area contributed by atoms with Crippen molar-refractivity contribution in [1.29, 1.82) is 0 Å². The lowest BCUT2D eigenvalue weighted by Crippen LogP contribution is -2.38. The number of nitrogens with zero attached hydrogens (tertiary/aromatic N) is 2. The van der Waals surface area contributed by atoms with Crippen LogP contribution in [-0.4, -0.2) is 24.0 Å². The molecule has 2 aromatic rings. The molecule has 1 aliphatic heterocycles. The average Bonchev–Trinajstić information content (AvgIpc) is 2.59. The summed E-state index contributed by atoms with van der Waals surface area (Å²) in [6, 6.07) is 9.30. The van der Waals surface area contributed by atoms with Crippen LogP contribution in [0.2, 0.25) is 10.0 Å². The molecule has 0 unspecified atom stereocenters. The predicted molar refractivity (Wildman–Crippen MR) is 95.7 cm³/mol. The lowest BCUT2D eigenvalue weighted by Gasteiger charge is -2.29. The summed E-state index contributed by atoms with van der Waals surface area (Å²) in [6.45, 7) is 0.360. The van der Waals surface area contributed by atoms with Crippen LogP contribution in [0.25, 0.3) is 0 Å². The predicted octanol–water partition coefficient (Wildman–Crippen LogP) is 4.26. The number of nitro groups is 1. The van der Waals surface area contributed by atoms with Crippen LogP contribution in [0.5, 0.6) is 5.75 Å². The Balaban J connectivity index is 1.74. The minimum Gasteiger partial charge on any atom is -0.482 e. The van der Waals surface area contributed by atoms with Crippen LogP contribution >= 0.6 is 23.2 Å². The van der Waals surface area contributed by atoms with Crippen molar-refractivity contribution in [1.82, 2.24) is 0 Å². The summed E-state index contributed by atoms with van der Waals surface area (Å²) in [5.41, 5.74) is 1.50. The Labute approximate surface area is 154 Å². The molecule has 0 spiro atoms. The fraction of sp³-hybridized carbons (Fsp3) is 0.235. The van der Waals surface area contributed by atoms with Crippen molar-refractivity contribution in [3.05, 3.63) is 62.1 Å². The third kappa shape index (κ3) is 3.86. The van der Waals surface area contributed by atoms with Crippen molar-refractivity contribution >= 4 is 40.5 Å². The van der Waals surface area contributed by atoms with E-state index in [1.54, 1.807) is 23.1 Å². The van der Waals surface area contributed by atoms with E-state index in [2.05, 4.69) is 0 Å². The highest BCUT2D eigenvalue weighted by Crippen LogP contribution is 2.31. The first-order valence-corrected chi connectivity index (χ1v) is 8.37. The molecule has 6 nitrogen and oxygen atoms in total. The van der Waals surface area contributed by atoms with Crippen molar-refractivity contribution in [2.45, 2.75) is 12.8 Å². The Morgan fingerprint density at radius 3 is 2.76 bits per heavy atom. The first-order valence-electron chi connectivity index (χ1n) is 7.61.